The first kappa shape index (κ1) is 15.4. The minimum absolute atomic E-state index is 0.441. The summed E-state index contributed by atoms with van der Waals surface area (Å²) < 4.78 is 5.16. The monoisotopic (exact) mass is 293 g/mol. The van der Waals surface area contributed by atoms with Gasteiger partial charge in [0.05, 0.1) is 29.8 Å². The fourth-order valence-electron chi connectivity index (χ4n) is 2.73. The van der Waals surface area contributed by atoms with Gasteiger partial charge >= 0.3 is 0 Å². The Morgan fingerprint density at radius 3 is 3.05 bits per heavy atom. The summed E-state index contributed by atoms with van der Waals surface area (Å²) in [6.45, 7) is 5.11. The van der Waals surface area contributed by atoms with E-state index in [9.17, 15) is 0 Å². The summed E-state index contributed by atoms with van der Waals surface area (Å²) in [7, 11) is 1.67. The third-order valence-corrected chi connectivity index (χ3v) is 5.05. The third kappa shape index (κ3) is 4.02. The minimum atomic E-state index is 0.441. The Morgan fingerprint density at radius 2 is 2.35 bits per heavy atom. The van der Waals surface area contributed by atoms with Crippen LogP contribution in [0.4, 0.5) is 0 Å². The van der Waals surface area contributed by atoms with Gasteiger partial charge in [0.1, 0.15) is 0 Å². The molecule has 0 saturated carbocycles. The van der Waals surface area contributed by atoms with Crippen LogP contribution in [0.1, 0.15) is 41.8 Å². The normalized spacial score (nSPS) is 19.9. The maximum atomic E-state index is 8.87. The van der Waals surface area contributed by atoms with E-state index in [0.717, 1.165) is 28.5 Å². The number of hydrogen-bond donors (Lipinski definition) is 0. The quantitative estimate of drug-likeness (QED) is 0.809. The molecule has 4 nitrogen and oxygen atoms in total. The van der Waals surface area contributed by atoms with Crippen molar-refractivity contribution in [2.24, 2.45) is 0 Å². The summed E-state index contributed by atoms with van der Waals surface area (Å²) in [6, 6.07) is 2.91. The van der Waals surface area contributed by atoms with Gasteiger partial charge in [-0.3, -0.25) is 0 Å². The van der Waals surface area contributed by atoms with E-state index in [2.05, 4.69) is 22.9 Å². The lowest BCUT2D eigenvalue weighted by molar-refractivity contribution is 0.162. The Balaban J connectivity index is 1.95. The van der Waals surface area contributed by atoms with Gasteiger partial charge in [0.2, 0.25) is 0 Å². The van der Waals surface area contributed by atoms with Crippen molar-refractivity contribution in [1.29, 1.82) is 5.26 Å². The van der Waals surface area contributed by atoms with Gasteiger partial charge in [-0.05, 0) is 26.3 Å². The number of methoxy groups -OCH3 is 1. The number of thiazole rings is 1. The van der Waals surface area contributed by atoms with E-state index in [1.54, 1.807) is 18.4 Å². The number of likely N-dealkylation sites (tertiary alicyclic amines) is 1. The number of aromatic nitrogens is 1. The van der Waals surface area contributed by atoms with Crippen molar-refractivity contribution in [2.45, 2.75) is 51.7 Å². The molecule has 1 atom stereocenters. The lowest BCUT2D eigenvalue weighted by Crippen LogP contribution is -2.38. The average Bonchev–Trinajstić information content (AvgIpc) is 2.81. The van der Waals surface area contributed by atoms with Gasteiger partial charge < -0.3 is 9.64 Å². The Bertz CT molecular complexity index is 466. The zero-order valence-corrected chi connectivity index (χ0v) is 13.2. The van der Waals surface area contributed by atoms with Crippen LogP contribution in [0.5, 0.6) is 0 Å². The van der Waals surface area contributed by atoms with Gasteiger partial charge in [-0.2, -0.15) is 5.26 Å². The molecule has 0 amide bonds. The van der Waals surface area contributed by atoms with E-state index in [-0.39, 0.29) is 0 Å². The molecule has 110 valence electrons. The van der Waals surface area contributed by atoms with Crippen molar-refractivity contribution in [3.63, 3.8) is 0 Å². The fraction of sp³-hybridized carbons (Fsp3) is 0.733. The molecule has 1 aromatic rings. The fourth-order valence-corrected chi connectivity index (χ4v) is 3.72. The zero-order valence-electron chi connectivity index (χ0n) is 12.4. The molecule has 5 heteroatoms. The molecular weight excluding hydrogens is 270 g/mol. The predicted octanol–water partition coefficient (Wildman–Crippen LogP) is 2.77. The zero-order chi connectivity index (χ0) is 14.4. The standard InChI is InChI=1S/C15H23N3OS/c1-12-5-3-4-9-18(12)10-7-15-17-13(11-19-2)14(20-15)6-8-16/h12H,3-7,9-11H2,1-2H3. The number of nitrogens with zero attached hydrogens (tertiary/aromatic N) is 3. The van der Waals surface area contributed by atoms with Crippen LogP contribution >= 0.6 is 11.3 Å². The highest BCUT2D eigenvalue weighted by Crippen LogP contribution is 2.22. The van der Waals surface area contributed by atoms with Gasteiger partial charge in [-0.1, -0.05) is 6.42 Å². The van der Waals surface area contributed by atoms with Crippen molar-refractivity contribution >= 4 is 11.3 Å². The van der Waals surface area contributed by atoms with E-state index in [0.29, 0.717) is 19.1 Å². The molecule has 1 aliphatic rings. The molecule has 0 aromatic carbocycles. The van der Waals surface area contributed by atoms with Gasteiger partial charge in [-0.15, -0.1) is 11.3 Å². The molecule has 2 heterocycles. The number of nitriles is 1. The lowest BCUT2D eigenvalue weighted by atomic mass is 10.0. The van der Waals surface area contributed by atoms with E-state index < -0.39 is 0 Å². The van der Waals surface area contributed by atoms with Crippen LogP contribution in [0.3, 0.4) is 0 Å². The molecule has 1 saturated heterocycles. The van der Waals surface area contributed by atoms with Crippen LogP contribution < -0.4 is 0 Å². The topological polar surface area (TPSA) is 49.1 Å². The van der Waals surface area contributed by atoms with Gasteiger partial charge in [0.25, 0.3) is 0 Å². The van der Waals surface area contributed by atoms with Crippen molar-refractivity contribution in [1.82, 2.24) is 9.88 Å². The number of hydrogen-bond acceptors (Lipinski definition) is 5. The predicted molar refractivity (Wildman–Crippen MR) is 80.7 cm³/mol. The smallest absolute Gasteiger partial charge is 0.0945 e. The van der Waals surface area contributed by atoms with Gasteiger partial charge in [-0.25, -0.2) is 4.98 Å². The molecule has 2 rings (SSSR count). The Hall–Kier alpha value is -0.960. The van der Waals surface area contributed by atoms with Gasteiger partial charge in [0, 0.05) is 31.0 Å². The second-order valence-electron chi connectivity index (χ2n) is 5.38. The summed E-state index contributed by atoms with van der Waals surface area (Å²) in [5, 5.41) is 10.0. The second-order valence-corrected chi connectivity index (χ2v) is 6.54. The van der Waals surface area contributed by atoms with Crippen LogP contribution in [-0.4, -0.2) is 36.1 Å². The summed E-state index contributed by atoms with van der Waals surface area (Å²) in [5.41, 5.74) is 0.945. The molecule has 20 heavy (non-hydrogen) atoms. The number of rotatable bonds is 6. The molecule has 1 fully saturated rings. The maximum Gasteiger partial charge on any atom is 0.0945 e. The minimum Gasteiger partial charge on any atom is -0.378 e. The molecule has 0 aliphatic carbocycles. The maximum absolute atomic E-state index is 8.87. The Morgan fingerprint density at radius 1 is 1.50 bits per heavy atom. The second kappa shape index (κ2) is 7.72. The van der Waals surface area contributed by atoms with E-state index in [1.165, 1.54) is 25.8 Å². The van der Waals surface area contributed by atoms with Crippen LogP contribution in [-0.2, 0) is 24.2 Å². The van der Waals surface area contributed by atoms with E-state index in [4.69, 9.17) is 10.00 Å². The first-order valence-electron chi connectivity index (χ1n) is 7.32. The molecule has 0 radical (unpaired) electrons. The molecule has 1 aromatic heterocycles. The van der Waals surface area contributed by atoms with E-state index >= 15 is 0 Å². The van der Waals surface area contributed by atoms with Crippen molar-refractivity contribution in [2.75, 3.05) is 20.2 Å². The Kier molecular flexibility index (Phi) is 5.96. The van der Waals surface area contributed by atoms with Crippen LogP contribution in [0.15, 0.2) is 0 Å². The first-order chi connectivity index (χ1) is 9.74. The van der Waals surface area contributed by atoms with E-state index in [1.807, 2.05) is 0 Å². The molecule has 0 N–H and O–H groups in total. The summed E-state index contributed by atoms with van der Waals surface area (Å²) in [5.74, 6) is 0. The highest BCUT2D eigenvalue weighted by Gasteiger charge is 2.18. The van der Waals surface area contributed by atoms with Crippen molar-refractivity contribution < 1.29 is 4.74 Å². The highest BCUT2D eigenvalue weighted by atomic mass is 32.1. The van der Waals surface area contributed by atoms with Crippen molar-refractivity contribution in [3.05, 3.63) is 15.6 Å². The lowest BCUT2D eigenvalue weighted by Gasteiger charge is -2.33. The largest absolute Gasteiger partial charge is 0.378 e. The number of ether oxygens (including phenoxy) is 1. The summed E-state index contributed by atoms with van der Waals surface area (Å²) in [6.07, 6.45) is 5.41. The summed E-state index contributed by atoms with van der Waals surface area (Å²) in [4.78, 5) is 8.27. The third-order valence-electron chi connectivity index (χ3n) is 3.90. The van der Waals surface area contributed by atoms with Crippen LogP contribution in [0.25, 0.3) is 0 Å². The first-order valence-corrected chi connectivity index (χ1v) is 8.13. The van der Waals surface area contributed by atoms with Crippen LogP contribution in [0.2, 0.25) is 0 Å². The van der Waals surface area contributed by atoms with Crippen LogP contribution in [0, 0.1) is 11.3 Å². The SMILES string of the molecule is COCc1nc(CCN2CCCCC2C)sc1CC#N. The molecule has 0 spiro atoms. The molecule has 1 unspecified atom stereocenters. The van der Waals surface area contributed by atoms with Gasteiger partial charge in [0.15, 0.2) is 0 Å². The number of piperidine rings is 1. The molecule has 0 bridgehead atoms. The Labute approximate surface area is 125 Å². The molecular formula is C15H23N3OS. The van der Waals surface area contributed by atoms with Crippen molar-refractivity contribution in [3.8, 4) is 6.07 Å². The summed E-state index contributed by atoms with van der Waals surface area (Å²) >= 11 is 1.67. The highest BCUT2D eigenvalue weighted by molar-refractivity contribution is 7.11. The average molecular weight is 293 g/mol. The molecule has 1 aliphatic heterocycles.